The van der Waals surface area contributed by atoms with Crippen molar-refractivity contribution in [3.05, 3.63) is 35.0 Å². The number of carbonyl (C=O) groups excluding carboxylic acids is 1. The molecule has 0 spiro atoms. The number of thiophene rings is 1. The number of carbonyl (C=O) groups is 2. The predicted molar refractivity (Wildman–Crippen MR) is 80.2 cm³/mol. The molecule has 6 heteroatoms. The zero-order valence-corrected chi connectivity index (χ0v) is 12.6. The summed E-state index contributed by atoms with van der Waals surface area (Å²) in [5.74, 6) is -1.56. The molecule has 2 aromatic rings. The number of carboxylic acid groups (broad SMARTS) is 1. The lowest BCUT2D eigenvalue weighted by Gasteiger charge is -2.21. The van der Waals surface area contributed by atoms with E-state index in [1.807, 2.05) is 13.8 Å². The fourth-order valence-corrected chi connectivity index (χ4v) is 3.15. The SMILES string of the molecule is CC(C)CN(CC(=O)O)C(=O)c1cc2ccc(F)cc2s1. The third kappa shape index (κ3) is 3.78. The summed E-state index contributed by atoms with van der Waals surface area (Å²) in [6, 6.07) is 6.01. The monoisotopic (exact) mass is 309 g/mol. The van der Waals surface area contributed by atoms with Crippen molar-refractivity contribution in [3.63, 3.8) is 0 Å². The number of hydrogen-bond donors (Lipinski definition) is 1. The van der Waals surface area contributed by atoms with E-state index in [2.05, 4.69) is 0 Å². The first-order valence-electron chi connectivity index (χ1n) is 6.57. The molecule has 1 aromatic heterocycles. The van der Waals surface area contributed by atoms with Crippen LogP contribution in [0.15, 0.2) is 24.3 Å². The lowest BCUT2D eigenvalue weighted by Crippen LogP contribution is -2.37. The molecule has 112 valence electrons. The lowest BCUT2D eigenvalue weighted by molar-refractivity contribution is -0.137. The molecule has 0 aliphatic carbocycles. The Hall–Kier alpha value is -1.95. The van der Waals surface area contributed by atoms with Crippen LogP contribution in [0, 0.1) is 11.7 Å². The molecule has 0 unspecified atom stereocenters. The van der Waals surface area contributed by atoms with Gasteiger partial charge >= 0.3 is 5.97 Å². The van der Waals surface area contributed by atoms with Gasteiger partial charge in [0.15, 0.2) is 0 Å². The Morgan fingerprint density at radius 1 is 1.33 bits per heavy atom. The fourth-order valence-electron chi connectivity index (χ4n) is 2.09. The quantitative estimate of drug-likeness (QED) is 0.922. The molecule has 1 aromatic carbocycles. The van der Waals surface area contributed by atoms with Gasteiger partial charge in [0.05, 0.1) is 4.88 Å². The molecular formula is C15H16FNO3S. The smallest absolute Gasteiger partial charge is 0.323 e. The molecule has 0 saturated carbocycles. The number of benzene rings is 1. The van der Waals surface area contributed by atoms with E-state index < -0.39 is 5.97 Å². The highest BCUT2D eigenvalue weighted by Gasteiger charge is 2.21. The Morgan fingerprint density at radius 2 is 2.05 bits per heavy atom. The molecule has 1 amide bonds. The van der Waals surface area contributed by atoms with E-state index in [1.165, 1.54) is 28.4 Å². The van der Waals surface area contributed by atoms with E-state index >= 15 is 0 Å². The summed E-state index contributed by atoms with van der Waals surface area (Å²) in [4.78, 5) is 25.1. The van der Waals surface area contributed by atoms with E-state index in [-0.39, 0.29) is 24.2 Å². The summed E-state index contributed by atoms with van der Waals surface area (Å²) in [7, 11) is 0. The van der Waals surface area contributed by atoms with E-state index in [9.17, 15) is 14.0 Å². The van der Waals surface area contributed by atoms with Crippen LogP contribution in [0.5, 0.6) is 0 Å². The van der Waals surface area contributed by atoms with Crippen molar-refractivity contribution in [1.29, 1.82) is 0 Å². The molecule has 1 N–H and O–H groups in total. The highest BCUT2D eigenvalue weighted by atomic mass is 32.1. The van der Waals surface area contributed by atoms with Crippen molar-refractivity contribution in [3.8, 4) is 0 Å². The van der Waals surface area contributed by atoms with Crippen molar-refractivity contribution in [1.82, 2.24) is 4.90 Å². The standard InChI is InChI=1S/C15H16FNO3S/c1-9(2)7-17(8-14(18)19)15(20)13-5-10-3-4-11(16)6-12(10)21-13/h3-6,9H,7-8H2,1-2H3,(H,18,19). The minimum Gasteiger partial charge on any atom is -0.480 e. The average molecular weight is 309 g/mol. The second kappa shape index (κ2) is 6.22. The van der Waals surface area contributed by atoms with Crippen LogP contribution in [0.3, 0.4) is 0 Å². The minimum absolute atomic E-state index is 0.167. The van der Waals surface area contributed by atoms with Crippen LogP contribution in [0.4, 0.5) is 4.39 Å². The van der Waals surface area contributed by atoms with Gasteiger partial charge in [0.25, 0.3) is 5.91 Å². The molecule has 0 radical (unpaired) electrons. The first kappa shape index (κ1) is 15.4. The van der Waals surface area contributed by atoms with Crippen molar-refractivity contribution in [2.24, 2.45) is 5.92 Å². The van der Waals surface area contributed by atoms with E-state index in [0.29, 0.717) is 16.1 Å². The van der Waals surface area contributed by atoms with Crippen LogP contribution in [0.1, 0.15) is 23.5 Å². The van der Waals surface area contributed by atoms with Crippen molar-refractivity contribution in [2.75, 3.05) is 13.1 Å². The Kier molecular flexibility index (Phi) is 4.57. The zero-order chi connectivity index (χ0) is 15.6. The summed E-state index contributed by atoms with van der Waals surface area (Å²) in [6.45, 7) is 3.87. The highest BCUT2D eigenvalue weighted by Crippen LogP contribution is 2.27. The van der Waals surface area contributed by atoms with Gasteiger partial charge in [-0.25, -0.2) is 4.39 Å². The maximum absolute atomic E-state index is 13.2. The van der Waals surface area contributed by atoms with Gasteiger partial charge in [-0.15, -0.1) is 11.3 Å². The maximum atomic E-state index is 13.2. The molecule has 0 atom stereocenters. The van der Waals surface area contributed by atoms with Crippen LogP contribution in [-0.2, 0) is 4.79 Å². The Morgan fingerprint density at radius 3 is 2.67 bits per heavy atom. The van der Waals surface area contributed by atoms with Crippen LogP contribution in [0.2, 0.25) is 0 Å². The normalized spacial score (nSPS) is 11.0. The van der Waals surface area contributed by atoms with E-state index in [4.69, 9.17) is 5.11 Å². The number of rotatable bonds is 5. The van der Waals surface area contributed by atoms with Gasteiger partial charge in [-0.05, 0) is 29.5 Å². The maximum Gasteiger partial charge on any atom is 0.323 e. The van der Waals surface area contributed by atoms with Crippen molar-refractivity contribution in [2.45, 2.75) is 13.8 Å². The first-order chi connectivity index (χ1) is 9.86. The number of hydrogen-bond acceptors (Lipinski definition) is 3. The van der Waals surface area contributed by atoms with Crippen LogP contribution >= 0.6 is 11.3 Å². The molecule has 4 nitrogen and oxygen atoms in total. The summed E-state index contributed by atoms with van der Waals surface area (Å²) in [5, 5.41) is 9.71. The van der Waals surface area contributed by atoms with Gasteiger partial charge in [-0.3, -0.25) is 9.59 Å². The lowest BCUT2D eigenvalue weighted by atomic mass is 10.2. The van der Waals surface area contributed by atoms with Crippen molar-refractivity contribution < 1.29 is 19.1 Å². The number of nitrogens with zero attached hydrogens (tertiary/aromatic N) is 1. The zero-order valence-electron chi connectivity index (χ0n) is 11.8. The van der Waals surface area contributed by atoms with Gasteiger partial charge in [0.2, 0.25) is 0 Å². The third-order valence-corrected chi connectivity index (χ3v) is 3.98. The summed E-state index contributed by atoms with van der Waals surface area (Å²) < 4.78 is 13.9. The molecule has 0 aliphatic heterocycles. The number of amides is 1. The molecule has 1 heterocycles. The van der Waals surface area contributed by atoms with Gasteiger partial charge in [0.1, 0.15) is 12.4 Å². The highest BCUT2D eigenvalue weighted by molar-refractivity contribution is 7.20. The molecule has 2 rings (SSSR count). The van der Waals surface area contributed by atoms with E-state index in [1.54, 1.807) is 12.1 Å². The molecule has 0 fully saturated rings. The average Bonchev–Trinajstić information content (AvgIpc) is 2.78. The topological polar surface area (TPSA) is 57.6 Å². The Bertz CT molecular complexity index is 681. The number of aliphatic carboxylic acids is 1. The molecule has 21 heavy (non-hydrogen) atoms. The van der Waals surface area contributed by atoms with Crippen LogP contribution < -0.4 is 0 Å². The van der Waals surface area contributed by atoms with Crippen molar-refractivity contribution >= 4 is 33.3 Å². The second-order valence-corrected chi connectivity index (χ2v) is 6.35. The Labute approximate surface area is 125 Å². The minimum atomic E-state index is -1.05. The van der Waals surface area contributed by atoms with Gasteiger partial charge in [-0.1, -0.05) is 19.9 Å². The largest absolute Gasteiger partial charge is 0.480 e. The summed E-state index contributed by atoms with van der Waals surface area (Å²) in [5.41, 5.74) is 0. The van der Waals surface area contributed by atoms with Crippen LogP contribution in [-0.4, -0.2) is 35.0 Å². The summed E-state index contributed by atoms with van der Waals surface area (Å²) in [6.07, 6.45) is 0. The fraction of sp³-hybridized carbons (Fsp3) is 0.333. The number of fused-ring (bicyclic) bond motifs is 1. The van der Waals surface area contributed by atoms with Gasteiger partial charge in [0, 0.05) is 11.2 Å². The number of carboxylic acids is 1. The third-order valence-electron chi connectivity index (χ3n) is 2.89. The van der Waals surface area contributed by atoms with Crippen LogP contribution in [0.25, 0.3) is 10.1 Å². The molecule has 0 aliphatic rings. The van der Waals surface area contributed by atoms with Gasteiger partial charge < -0.3 is 10.0 Å². The Balaban J connectivity index is 2.30. The predicted octanol–water partition coefficient (Wildman–Crippen LogP) is 3.22. The molecule has 0 bridgehead atoms. The molecule has 0 saturated heterocycles. The first-order valence-corrected chi connectivity index (χ1v) is 7.38. The van der Waals surface area contributed by atoms with Gasteiger partial charge in [-0.2, -0.15) is 0 Å². The number of halogens is 1. The molecular weight excluding hydrogens is 293 g/mol. The van der Waals surface area contributed by atoms with E-state index in [0.717, 1.165) is 5.39 Å². The second-order valence-electron chi connectivity index (χ2n) is 5.27. The summed E-state index contributed by atoms with van der Waals surface area (Å²) >= 11 is 1.18.